The van der Waals surface area contributed by atoms with Crippen LogP contribution in [0.5, 0.6) is 0 Å². The third-order valence-corrected chi connectivity index (χ3v) is 5.20. The molecule has 0 fully saturated rings. The molecule has 0 radical (unpaired) electrons. The van der Waals surface area contributed by atoms with Gasteiger partial charge in [0.25, 0.3) is 5.91 Å². The summed E-state index contributed by atoms with van der Waals surface area (Å²) in [4.78, 5) is 20.3. The SMILES string of the molecule is Cc1cnc(-n2nnc(C(=O)N3c4ccccc4C[C@H]3C)c2C)s1. The van der Waals surface area contributed by atoms with E-state index in [0.717, 1.165) is 22.1 Å². The number of fused-ring (bicyclic) bond motifs is 1. The van der Waals surface area contributed by atoms with E-state index in [2.05, 4.69) is 28.3 Å². The Morgan fingerprint density at radius 3 is 2.83 bits per heavy atom. The van der Waals surface area contributed by atoms with Gasteiger partial charge < -0.3 is 4.90 Å². The van der Waals surface area contributed by atoms with Gasteiger partial charge in [-0.2, -0.15) is 4.68 Å². The van der Waals surface area contributed by atoms with Gasteiger partial charge in [0.15, 0.2) is 5.69 Å². The maximum atomic E-state index is 13.1. The molecule has 0 spiro atoms. The predicted molar refractivity (Wildman–Crippen MR) is 92.9 cm³/mol. The van der Waals surface area contributed by atoms with Crippen LogP contribution in [0.4, 0.5) is 5.69 Å². The third kappa shape index (κ3) is 2.24. The summed E-state index contributed by atoms with van der Waals surface area (Å²) in [5, 5.41) is 9.01. The van der Waals surface area contributed by atoms with Crippen LogP contribution < -0.4 is 4.90 Å². The highest BCUT2D eigenvalue weighted by Crippen LogP contribution is 2.33. The van der Waals surface area contributed by atoms with Crippen LogP contribution in [0.1, 0.15) is 33.5 Å². The summed E-state index contributed by atoms with van der Waals surface area (Å²) in [7, 11) is 0. The van der Waals surface area contributed by atoms with Crippen LogP contribution in [0.15, 0.2) is 30.5 Å². The topological polar surface area (TPSA) is 63.9 Å². The molecule has 0 saturated carbocycles. The molecule has 1 aliphatic heterocycles. The second-order valence-corrected chi connectivity index (χ2v) is 7.26. The fourth-order valence-corrected chi connectivity index (χ4v) is 3.90. The normalized spacial score (nSPS) is 16.5. The van der Waals surface area contributed by atoms with Gasteiger partial charge in [-0.25, -0.2) is 4.98 Å². The number of hydrogen-bond acceptors (Lipinski definition) is 5. The van der Waals surface area contributed by atoms with Crippen molar-refractivity contribution in [3.05, 3.63) is 52.3 Å². The minimum absolute atomic E-state index is 0.107. The van der Waals surface area contributed by atoms with Gasteiger partial charge in [-0.15, -0.1) is 16.4 Å². The van der Waals surface area contributed by atoms with E-state index in [1.165, 1.54) is 16.9 Å². The lowest BCUT2D eigenvalue weighted by molar-refractivity contribution is 0.0976. The van der Waals surface area contributed by atoms with Crippen LogP contribution in [-0.2, 0) is 6.42 Å². The molecular formula is C17H17N5OS. The fraction of sp³-hybridized carbons (Fsp3) is 0.294. The molecule has 2 aromatic heterocycles. The van der Waals surface area contributed by atoms with E-state index in [0.29, 0.717) is 11.4 Å². The minimum Gasteiger partial charge on any atom is -0.304 e. The van der Waals surface area contributed by atoms with Crippen LogP contribution in [0.25, 0.3) is 5.13 Å². The Kier molecular flexibility index (Phi) is 3.45. The molecule has 0 aliphatic carbocycles. The molecule has 122 valence electrons. The van der Waals surface area contributed by atoms with Crippen molar-refractivity contribution in [1.29, 1.82) is 0 Å². The molecule has 1 aromatic carbocycles. The average Bonchev–Trinajstić information content (AvgIpc) is 3.23. The van der Waals surface area contributed by atoms with Crippen molar-refractivity contribution in [2.24, 2.45) is 0 Å². The van der Waals surface area contributed by atoms with Crippen LogP contribution >= 0.6 is 11.3 Å². The van der Waals surface area contributed by atoms with Crippen molar-refractivity contribution in [3.8, 4) is 5.13 Å². The molecule has 6 nitrogen and oxygen atoms in total. The molecule has 7 heteroatoms. The summed E-state index contributed by atoms with van der Waals surface area (Å²) in [6, 6.07) is 8.13. The Hall–Kier alpha value is -2.54. The fourth-order valence-electron chi connectivity index (χ4n) is 3.14. The summed E-state index contributed by atoms with van der Waals surface area (Å²) in [6.45, 7) is 5.90. The number of carbonyl (C=O) groups is 1. The molecule has 1 atom stereocenters. The Bertz CT molecular complexity index is 929. The first-order chi connectivity index (χ1) is 11.6. The minimum atomic E-state index is -0.107. The number of rotatable bonds is 2. The highest BCUT2D eigenvalue weighted by Gasteiger charge is 2.34. The number of benzene rings is 1. The number of para-hydroxylation sites is 1. The zero-order valence-corrected chi connectivity index (χ0v) is 14.5. The van der Waals surface area contributed by atoms with Gasteiger partial charge in [-0.3, -0.25) is 4.79 Å². The Morgan fingerprint density at radius 2 is 2.08 bits per heavy atom. The number of thiazole rings is 1. The number of hydrogen-bond donors (Lipinski definition) is 0. The monoisotopic (exact) mass is 339 g/mol. The molecule has 0 bridgehead atoms. The summed E-state index contributed by atoms with van der Waals surface area (Å²) < 4.78 is 1.64. The van der Waals surface area contributed by atoms with E-state index >= 15 is 0 Å². The predicted octanol–water partition coefficient (Wildman–Crippen LogP) is 2.93. The molecule has 0 unspecified atom stereocenters. The number of aromatic nitrogens is 4. The van der Waals surface area contributed by atoms with E-state index in [1.54, 1.807) is 10.9 Å². The molecule has 3 aromatic rings. The first-order valence-corrected chi connectivity index (χ1v) is 8.64. The molecule has 3 heterocycles. The third-order valence-electron chi connectivity index (χ3n) is 4.31. The summed E-state index contributed by atoms with van der Waals surface area (Å²) in [6.07, 6.45) is 2.65. The second-order valence-electron chi connectivity index (χ2n) is 6.05. The van der Waals surface area contributed by atoms with Crippen molar-refractivity contribution in [2.75, 3.05) is 4.90 Å². The number of aryl methyl sites for hydroxylation is 1. The van der Waals surface area contributed by atoms with Crippen LogP contribution in [0.2, 0.25) is 0 Å². The highest BCUT2D eigenvalue weighted by molar-refractivity contribution is 7.13. The van der Waals surface area contributed by atoms with Crippen LogP contribution in [0, 0.1) is 13.8 Å². The van der Waals surface area contributed by atoms with Gasteiger partial charge >= 0.3 is 0 Å². The zero-order valence-electron chi connectivity index (χ0n) is 13.7. The molecule has 24 heavy (non-hydrogen) atoms. The lowest BCUT2D eigenvalue weighted by Crippen LogP contribution is -2.36. The standard InChI is InChI=1S/C17H17N5OS/c1-10-8-13-6-4-5-7-14(13)21(10)16(23)15-12(3)22(20-19-15)17-18-9-11(2)24-17/h4-7,9-10H,8H2,1-3H3/t10-/m1/s1. The Balaban J connectivity index is 1.72. The highest BCUT2D eigenvalue weighted by atomic mass is 32.1. The molecule has 4 rings (SSSR count). The lowest BCUT2D eigenvalue weighted by atomic mass is 10.1. The van der Waals surface area contributed by atoms with E-state index in [-0.39, 0.29) is 11.9 Å². The summed E-state index contributed by atoms with van der Waals surface area (Å²) in [5.41, 5.74) is 3.25. The van der Waals surface area contributed by atoms with E-state index in [4.69, 9.17) is 0 Å². The Morgan fingerprint density at radius 1 is 1.29 bits per heavy atom. The van der Waals surface area contributed by atoms with Crippen molar-refractivity contribution < 1.29 is 4.79 Å². The van der Waals surface area contributed by atoms with Gasteiger partial charge in [0.2, 0.25) is 5.13 Å². The molecule has 0 saturated heterocycles. The van der Waals surface area contributed by atoms with Crippen molar-refractivity contribution >= 4 is 22.9 Å². The van der Waals surface area contributed by atoms with Gasteiger partial charge in [0, 0.05) is 22.8 Å². The summed E-state index contributed by atoms with van der Waals surface area (Å²) >= 11 is 1.53. The van der Waals surface area contributed by atoms with Gasteiger partial charge in [-0.05, 0) is 38.8 Å². The van der Waals surface area contributed by atoms with Crippen molar-refractivity contribution in [3.63, 3.8) is 0 Å². The van der Waals surface area contributed by atoms with Gasteiger partial charge in [0.05, 0.1) is 5.69 Å². The first-order valence-electron chi connectivity index (χ1n) is 7.83. The smallest absolute Gasteiger partial charge is 0.281 e. The van der Waals surface area contributed by atoms with Crippen LogP contribution in [-0.4, -0.2) is 31.9 Å². The number of anilines is 1. The van der Waals surface area contributed by atoms with E-state index in [9.17, 15) is 4.79 Å². The zero-order chi connectivity index (χ0) is 16.8. The molecule has 1 aliphatic rings. The lowest BCUT2D eigenvalue weighted by Gasteiger charge is -2.21. The maximum Gasteiger partial charge on any atom is 0.281 e. The molecule has 0 N–H and O–H groups in total. The summed E-state index contributed by atoms with van der Waals surface area (Å²) in [5.74, 6) is -0.107. The van der Waals surface area contributed by atoms with Gasteiger partial charge in [0.1, 0.15) is 0 Å². The van der Waals surface area contributed by atoms with Gasteiger partial charge in [-0.1, -0.05) is 23.4 Å². The quantitative estimate of drug-likeness (QED) is 0.720. The molecular weight excluding hydrogens is 322 g/mol. The van der Waals surface area contributed by atoms with E-state index < -0.39 is 0 Å². The largest absolute Gasteiger partial charge is 0.304 e. The molecule has 1 amide bonds. The average molecular weight is 339 g/mol. The van der Waals surface area contributed by atoms with Crippen molar-refractivity contribution in [1.82, 2.24) is 20.0 Å². The van der Waals surface area contributed by atoms with E-state index in [1.807, 2.05) is 36.9 Å². The maximum absolute atomic E-state index is 13.1. The van der Waals surface area contributed by atoms with Crippen molar-refractivity contribution in [2.45, 2.75) is 33.2 Å². The first kappa shape index (κ1) is 15.0. The number of nitrogens with zero attached hydrogens (tertiary/aromatic N) is 5. The Labute approximate surface area is 143 Å². The second kappa shape index (κ2) is 5.52. The number of amides is 1. The number of carbonyl (C=O) groups excluding carboxylic acids is 1. The van der Waals surface area contributed by atoms with Crippen LogP contribution in [0.3, 0.4) is 0 Å².